The maximum atomic E-state index is 13.9. The van der Waals surface area contributed by atoms with Crippen LogP contribution in [0.3, 0.4) is 0 Å². The van der Waals surface area contributed by atoms with Gasteiger partial charge in [0.2, 0.25) is 9.84 Å². The number of hydrogen-bond donors (Lipinski definition) is 1. The molecule has 1 N–H and O–H groups in total. The Morgan fingerprint density at radius 1 is 1.19 bits per heavy atom. The summed E-state index contributed by atoms with van der Waals surface area (Å²) in [5, 5.41) is 6.29. The van der Waals surface area contributed by atoms with Crippen LogP contribution in [0.15, 0.2) is 51.6 Å². The average Bonchev–Trinajstić information content (AvgIpc) is 3.08. The van der Waals surface area contributed by atoms with Gasteiger partial charge in [0.25, 0.3) is 5.91 Å². The van der Waals surface area contributed by atoms with Gasteiger partial charge in [-0.15, -0.1) is 5.10 Å². The molecule has 0 radical (unpaired) electrons. The fourth-order valence-electron chi connectivity index (χ4n) is 2.12. The van der Waals surface area contributed by atoms with Crippen molar-refractivity contribution in [2.75, 3.05) is 5.32 Å². The molecule has 134 valence electrons. The highest BCUT2D eigenvalue weighted by Crippen LogP contribution is 2.28. The molecule has 1 amide bonds. The second-order valence-electron chi connectivity index (χ2n) is 5.30. The van der Waals surface area contributed by atoms with Gasteiger partial charge < -0.3 is 5.32 Å². The molecular weight excluding hydrogens is 401 g/mol. The van der Waals surface area contributed by atoms with Crippen LogP contribution in [0.5, 0.6) is 0 Å². The van der Waals surface area contributed by atoms with Gasteiger partial charge in [-0.05, 0) is 48.9 Å². The molecule has 0 spiro atoms. The summed E-state index contributed by atoms with van der Waals surface area (Å²) >= 11 is 6.33. The fourth-order valence-corrected chi connectivity index (χ4v) is 4.54. The molecule has 2 aromatic carbocycles. The molecule has 0 atom stereocenters. The van der Waals surface area contributed by atoms with E-state index in [1.54, 1.807) is 13.0 Å². The summed E-state index contributed by atoms with van der Waals surface area (Å²) in [5.74, 6) is -1.50. The second kappa shape index (κ2) is 7.10. The van der Waals surface area contributed by atoms with Gasteiger partial charge in [-0.2, -0.15) is 0 Å². The lowest BCUT2D eigenvalue weighted by molar-refractivity contribution is 0.101. The molecule has 0 aliphatic heterocycles. The Hall–Kier alpha value is -2.36. The van der Waals surface area contributed by atoms with Crippen LogP contribution in [0.4, 0.5) is 10.1 Å². The summed E-state index contributed by atoms with van der Waals surface area (Å²) in [6.45, 7) is 1.70. The quantitative estimate of drug-likeness (QED) is 0.706. The summed E-state index contributed by atoms with van der Waals surface area (Å²) < 4.78 is 42.6. The number of sulfone groups is 1. The van der Waals surface area contributed by atoms with E-state index in [9.17, 15) is 17.6 Å². The summed E-state index contributed by atoms with van der Waals surface area (Å²) in [4.78, 5) is 12.4. The maximum absolute atomic E-state index is 13.9. The van der Waals surface area contributed by atoms with E-state index < -0.39 is 27.3 Å². The number of halogens is 2. The number of amides is 1. The highest BCUT2D eigenvalue weighted by molar-refractivity contribution is 7.93. The zero-order valence-electron chi connectivity index (χ0n) is 13.2. The first-order valence-corrected chi connectivity index (χ1v) is 9.83. The third-order valence-corrected chi connectivity index (χ3v) is 6.64. The minimum absolute atomic E-state index is 0.0523. The SMILES string of the molecule is Cc1ccc(NC(=O)c2nnsc2S(=O)(=O)c2ccc(Cl)cc2)c(F)c1. The lowest BCUT2D eigenvalue weighted by atomic mass is 10.2. The van der Waals surface area contributed by atoms with Crippen molar-refractivity contribution >= 4 is 44.6 Å². The first-order chi connectivity index (χ1) is 12.3. The number of aromatic nitrogens is 2. The van der Waals surface area contributed by atoms with Gasteiger partial charge in [0.05, 0.1) is 10.6 Å². The molecule has 0 aliphatic rings. The monoisotopic (exact) mass is 411 g/mol. The van der Waals surface area contributed by atoms with Crippen LogP contribution >= 0.6 is 23.1 Å². The fraction of sp³-hybridized carbons (Fsp3) is 0.0625. The van der Waals surface area contributed by atoms with Crippen molar-refractivity contribution in [3.05, 3.63) is 64.6 Å². The largest absolute Gasteiger partial charge is 0.318 e. The van der Waals surface area contributed by atoms with E-state index in [1.807, 2.05) is 0 Å². The zero-order chi connectivity index (χ0) is 18.9. The van der Waals surface area contributed by atoms with Crippen LogP contribution in [0.2, 0.25) is 5.02 Å². The number of anilines is 1. The second-order valence-corrected chi connectivity index (χ2v) is 8.64. The summed E-state index contributed by atoms with van der Waals surface area (Å²) in [6.07, 6.45) is 0. The number of benzene rings is 2. The van der Waals surface area contributed by atoms with Gasteiger partial charge in [-0.25, -0.2) is 12.8 Å². The van der Waals surface area contributed by atoms with Crippen LogP contribution in [-0.2, 0) is 9.84 Å². The number of carbonyl (C=O) groups excluding carboxylic acids is 1. The highest BCUT2D eigenvalue weighted by Gasteiger charge is 2.29. The van der Waals surface area contributed by atoms with Crippen molar-refractivity contribution in [1.29, 1.82) is 0 Å². The van der Waals surface area contributed by atoms with Crippen molar-refractivity contribution in [3.8, 4) is 0 Å². The third-order valence-electron chi connectivity index (χ3n) is 3.41. The smallest absolute Gasteiger partial charge is 0.278 e. The van der Waals surface area contributed by atoms with Crippen molar-refractivity contribution in [3.63, 3.8) is 0 Å². The van der Waals surface area contributed by atoms with E-state index in [-0.39, 0.29) is 14.8 Å². The van der Waals surface area contributed by atoms with E-state index in [2.05, 4.69) is 14.9 Å². The highest BCUT2D eigenvalue weighted by atomic mass is 35.5. The molecule has 0 saturated heterocycles. The molecule has 0 aliphatic carbocycles. The summed E-state index contributed by atoms with van der Waals surface area (Å²) in [5.41, 5.74) is 0.204. The molecule has 1 aromatic heterocycles. The Balaban J connectivity index is 1.95. The molecule has 0 saturated carbocycles. The third kappa shape index (κ3) is 3.59. The number of rotatable bonds is 4. The van der Waals surface area contributed by atoms with Crippen molar-refractivity contribution in [2.45, 2.75) is 16.0 Å². The van der Waals surface area contributed by atoms with Crippen LogP contribution < -0.4 is 5.32 Å². The summed E-state index contributed by atoms with van der Waals surface area (Å²) in [6, 6.07) is 9.73. The Bertz CT molecular complexity index is 1080. The van der Waals surface area contributed by atoms with Crippen LogP contribution in [0, 0.1) is 12.7 Å². The van der Waals surface area contributed by atoms with E-state index in [0.717, 1.165) is 0 Å². The molecule has 3 aromatic rings. The van der Waals surface area contributed by atoms with Crippen molar-refractivity contribution in [2.24, 2.45) is 0 Å². The predicted octanol–water partition coefficient (Wildman–Crippen LogP) is 3.72. The van der Waals surface area contributed by atoms with Crippen molar-refractivity contribution in [1.82, 2.24) is 9.59 Å². The first kappa shape index (κ1) is 18.4. The molecule has 3 rings (SSSR count). The number of hydrogen-bond acceptors (Lipinski definition) is 6. The number of aryl methyl sites for hydroxylation is 1. The van der Waals surface area contributed by atoms with E-state index in [0.29, 0.717) is 22.1 Å². The van der Waals surface area contributed by atoms with Gasteiger partial charge in [0, 0.05) is 16.6 Å². The lowest BCUT2D eigenvalue weighted by Crippen LogP contribution is -2.17. The molecule has 0 bridgehead atoms. The first-order valence-electron chi connectivity index (χ1n) is 7.19. The van der Waals surface area contributed by atoms with E-state index >= 15 is 0 Å². The minimum Gasteiger partial charge on any atom is -0.318 e. The van der Waals surface area contributed by atoms with E-state index in [4.69, 9.17) is 11.6 Å². The lowest BCUT2D eigenvalue weighted by Gasteiger charge is -2.07. The molecule has 10 heteroatoms. The van der Waals surface area contributed by atoms with Gasteiger partial charge in [-0.3, -0.25) is 4.79 Å². The van der Waals surface area contributed by atoms with Crippen molar-refractivity contribution < 1.29 is 17.6 Å². The normalized spacial score (nSPS) is 11.3. The summed E-state index contributed by atoms with van der Waals surface area (Å²) in [7, 11) is -4.02. The zero-order valence-corrected chi connectivity index (χ0v) is 15.6. The predicted molar refractivity (Wildman–Crippen MR) is 95.9 cm³/mol. The topological polar surface area (TPSA) is 89.0 Å². The average molecular weight is 412 g/mol. The van der Waals surface area contributed by atoms with Gasteiger partial charge in [-0.1, -0.05) is 22.2 Å². The number of nitrogens with zero attached hydrogens (tertiary/aromatic N) is 2. The molecule has 0 fully saturated rings. The Kier molecular flexibility index (Phi) is 5.03. The Morgan fingerprint density at radius 2 is 1.88 bits per heavy atom. The van der Waals surface area contributed by atoms with Gasteiger partial charge in [0.1, 0.15) is 5.82 Å². The Labute approximate surface area is 157 Å². The molecule has 0 unspecified atom stereocenters. The van der Waals surface area contributed by atoms with E-state index in [1.165, 1.54) is 36.4 Å². The standard InChI is InChI=1S/C16H11ClFN3O3S2/c1-9-2-7-13(12(18)8-9)19-15(22)14-16(25-21-20-14)26(23,24)11-5-3-10(17)4-6-11/h2-8H,1H3,(H,19,22). The number of carbonyl (C=O) groups is 1. The maximum Gasteiger partial charge on any atom is 0.278 e. The minimum atomic E-state index is -4.02. The molecule has 6 nitrogen and oxygen atoms in total. The molecule has 26 heavy (non-hydrogen) atoms. The van der Waals surface area contributed by atoms with Crippen LogP contribution in [0.1, 0.15) is 16.1 Å². The Morgan fingerprint density at radius 3 is 2.54 bits per heavy atom. The van der Waals surface area contributed by atoms with Gasteiger partial charge in [0.15, 0.2) is 9.90 Å². The molecular formula is C16H11ClFN3O3S2. The number of nitrogens with one attached hydrogen (secondary N) is 1. The van der Waals surface area contributed by atoms with Crippen LogP contribution in [0.25, 0.3) is 0 Å². The van der Waals surface area contributed by atoms with Crippen LogP contribution in [-0.4, -0.2) is 23.9 Å². The van der Waals surface area contributed by atoms with Gasteiger partial charge >= 0.3 is 0 Å². The molecule has 1 heterocycles.